The van der Waals surface area contributed by atoms with Gasteiger partial charge in [0.25, 0.3) is 0 Å². The van der Waals surface area contributed by atoms with Gasteiger partial charge in [0, 0.05) is 5.02 Å². The number of carboxylic acid groups (broad SMARTS) is 1. The fourth-order valence-corrected chi connectivity index (χ4v) is 1.89. The number of benzene rings is 1. The first-order valence-electron chi connectivity index (χ1n) is 4.84. The molecule has 0 aromatic heterocycles. The van der Waals surface area contributed by atoms with Crippen molar-refractivity contribution in [3.63, 3.8) is 0 Å². The molecule has 0 radical (unpaired) electrons. The Balaban J connectivity index is 2.48. The van der Waals surface area contributed by atoms with Crippen LogP contribution in [0.4, 0.5) is 5.69 Å². The van der Waals surface area contributed by atoms with E-state index in [1.54, 1.807) is 0 Å². The molecule has 0 atom stereocenters. The van der Waals surface area contributed by atoms with Gasteiger partial charge in [-0.15, -0.1) is 0 Å². The van der Waals surface area contributed by atoms with E-state index in [9.17, 15) is 14.4 Å². The van der Waals surface area contributed by atoms with Crippen LogP contribution in [0.2, 0.25) is 5.02 Å². The van der Waals surface area contributed by atoms with Crippen LogP contribution in [-0.4, -0.2) is 29.3 Å². The molecule has 0 aliphatic carbocycles. The fourth-order valence-electron chi connectivity index (χ4n) is 1.72. The van der Waals surface area contributed by atoms with Gasteiger partial charge >= 0.3 is 5.97 Å². The molecular weight excluding hydrogens is 246 g/mol. The largest absolute Gasteiger partial charge is 0.478 e. The lowest BCUT2D eigenvalue weighted by atomic mass is 10.1. The number of carbonyl (C=O) groups excluding carboxylic acids is 2. The van der Waals surface area contributed by atoms with Crippen LogP contribution >= 0.6 is 11.6 Å². The number of carbonyl (C=O) groups is 3. The number of rotatable bonds is 2. The maximum absolute atomic E-state index is 11.5. The molecule has 1 saturated heterocycles. The molecule has 1 fully saturated rings. The molecule has 0 spiro atoms. The first-order chi connectivity index (χ1) is 7.99. The average Bonchev–Trinajstić information content (AvgIpc) is 2.57. The molecule has 1 amide bonds. The van der Waals surface area contributed by atoms with Crippen LogP contribution in [-0.2, 0) is 9.59 Å². The third kappa shape index (κ3) is 2.14. The van der Waals surface area contributed by atoms with Gasteiger partial charge in [-0.2, -0.15) is 0 Å². The number of hydrogen-bond acceptors (Lipinski definition) is 3. The van der Waals surface area contributed by atoms with Crippen molar-refractivity contribution < 1.29 is 19.5 Å². The highest BCUT2D eigenvalue weighted by molar-refractivity contribution is 6.31. The number of aromatic carboxylic acids is 1. The Hall–Kier alpha value is -1.88. The van der Waals surface area contributed by atoms with E-state index >= 15 is 0 Å². The predicted molar refractivity (Wildman–Crippen MR) is 60.4 cm³/mol. The minimum Gasteiger partial charge on any atom is -0.478 e. The third-order valence-electron chi connectivity index (χ3n) is 2.46. The van der Waals surface area contributed by atoms with Gasteiger partial charge in [0.15, 0.2) is 5.78 Å². The standard InChI is InChI=1S/C11H8ClNO4/c12-6-1-2-9(8(3-6)11(16)17)13-5-7(14)4-10(13)15/h1-3H,4-5H2,(H,16,17). The van der Waals surface area contributed by atoms with Gasteiger partial charge in [0.05, 0.1) is 24.2 Å². The number of Topliss-reactive ketones (excluding diaryl/α,β-unsaturated/α-hetero) is 1. The number of halogens is 1. The Morgan fingerprint density at radius 1 is 1.35 bits per heavy atom. The first kappa shape index (κ1) is 11.6. The van der Waals surface area contributed by atoms with E-state index in [0.29, 0.717) is 0 Å². The van der Waals surface area contributed by atoms with Crippen molar-refractivity contribution in [2.75, 3.05) is 11.4 Å². The Morgan fingerprint density at radius 3 is 2.59 bits per heavy atom. The lowest BCUT2D eigenvalue weighted by Gasteiger charge is -2.17. The van der Waals surface area contributed by atoms with Gasteiger partial charge < -0.3 is 10.0 Å². The second-order valence-electron chi connectivity index (χ2n) is 3.66. The zero-order valence-corrected chi connectivity index (χ0v) is 9.40. The highest BCUT2D eigenvalue weighted by Gasteiger charge is 2.31. The molecule has 5 nitrogen and oxygen atoms in total. The van der Waals surface area contributed by atoms with Gasteiger partial charge in [-0.1, -0.05) is 11.6 Å². The van der Waals surface area contributed by atoms with E-state index in [2.05, 4.69) is 0 Å². The van der Waals surface area contributed by atoms with Crippen molar-refractivity contribution in [2.24, 2.45) is 0 Å². The lowest BCUT2D eigenvalue weighted by Crippen LogP contribution is -2.26. The predicted octanol–water partition coefficient (Wildman–Crippen LogP) is 1.34. The van der Waals surface area contributed by atoms with Crippen molar-refractivity contribution in [1.29, 1.82) is 0 Å². The summed E-state index contributed by atoms with van der Waals surface area (Å²) in [6.07, 6.45) is -0.179. The second-order valence-corrected chi connectivity index (χ2v) is 4.10. The van der Waals surface area contributed by atoms with Crippen LogP contribution < -0.4 is 4.90 Å². The zero-order chi connectivity index (χ0) is 12.6. The first-order valence-corrected chi connectivity index (χ1v) is 5.22. The molecule has 0 bridgehead atoms. The van der Waals surface area contributed by atoms with Crippen LogP contribution in [0.3, 0.4) is 0 Å². The Bertz CT molecular complexity index is 526. The van der Waals surface area contributed by atoms with Crippen LogP contribution in [0, 0.1) is 0 Å². The summed E-state index contributed by atoms with van der Waals surface area (Å²) in [4.78, 5) is 34.9. The minimum absolute atomic E-state index is 0.0826. The maximum atomic E-state index is 11.5. The molecule has 88 valence electrons. The van der Waals surface area contributed by atoms with E-state index in [1.165, 1.54) is 23.1 Å². The summed E-state index contributed by atoms with van der Waals surface area (Å²) in [5.74, 6) is -1.80. The molecule has 0 saturated carbocycles. The Morgan fingerprint density at radius 2 is 2.06 bits per heavy atom. The van der Waals surface area contributed by atoms with Gasteiger partial charge in [-0.25, -0.2) is 4.79 Å². The van der Waals surface area contributed by atoms with Crippen LogP contribution in [0.25, 0.3) is 0 Å². The number of nitrogens with zero attached hydrogens (tertiary/aromatic N) is 1. The second kappa shape index (κ2) is 4.18. The molecule has 1 aliphatic rings. The molecular formula is C11H8ClNO4. The molecule has 1 aromatic rings. The number of carboxylic acids is 1. The van der Waals surface area contributed by atoms with Crippen molar-refractivity contribution in [3.05, 3.63) is 28.8 Å². The summed E-state index contributed by atoms with van der Waals surface area (Å²) in [7, 11) is 0. The normalized spacial score (nSPS) is 15.5. The number of ketones is 1. The Labute approximate surface area is 102 Å². The van der Waals surface area contributed by atoms with E-state index in [4.69, 9.17) is 16.7 Å². The molecule has 1 N–H and O–H groups in total. The van der Waals surface area contributed by atoms with Gasteiger partial charge in [-0.05, 0) is 18.2 Å². The third-order valence-corrected chi connectivity index (χ3v) is 2.70. The molecule has 1 aliphatic heterocycles. The molecule has 1 aromatic carbocycles. The SMILES string of the molecule is O=C1CC(=O)N(c2ccc(Cl)cc2C(=O)O)C1. The average molecular weight is 254 g/mol. The smallest absolute Gasteiger partial charge is 0.337 e. The highest BCUT2D eigenvalue weighted by Crippen LogP contribution is 2.27. The van der Waals surface area contributed by atoms with Crippen LogP contribution in [0.5, 0.6) is 0 Å². The summed E-state index contributed by atoms with van der Waals surface area (Å²) in [5, 5.41) is 9.29. The van der Waals surface area contributed by atoms with E-state index in [1.807, 2.05) is 0 Å². The van der Waals surface area contributed by atoms with Crippen molar-refractivity contribution in [1.82, 2.24) is 0 Å². The Kier molecular flexibility index (Phi) is 2.85. The van der Waals surface area contributed by atoms with Crippen molar-refractivity contribution in [2.45, 2.75) is 6.42 Å². The van der Waals surface area contributed by atoms with Gasteiger partial charge in [0.2, 0.25) is 5.91 Å². The molecule has 17 heavy (non-hydrogen) atoms. The van der Waals surface area contributed by atoms with E-state index < -0.39 is 5.97 Å². The molecule has 6 heteroatoms. The molecule has 1 heterocycles. The van der Waals surface area contributed by atoms with Gasteiger partial charge in [0.1, 0.15) is 0 Å². The number of hydrogen-bond donors (Lipinski definition) is 1. The molecule has 0 unspecified atom stereocenters. The maximum Gasteiger partial charge on any atom is 0.337 e. The minimum atomic E-state index is -1.19. The van der Waals surface area contributed by atoms with Gasteiger partial charge in [-0.3, -0.25) is 9.59 Å². The lowest BCUT2D eigenvalue weighted by molar-refractivity contribution is -0.121. The summed E-state index contributed by atoms with van der Waals surface area (Å²) < 4.78 is 0. The fraction of sp³-hybridized carbons (Fsp3) is 0.182. The van der Waals surface area contributed by atoms with E-state index in [0.717, 1.165) is 0 Å². The molecule has 2 rings (SSSR count). The summed E-state index contributed by atoms with van der Waals surface area (Å²) in [6.45, 7) is -0.0826. The highest BCUT2D eigenvalue weighted by atomic mass is 35.5. The topological polar surface area (TPSA) is 74.7 Å². The number of amides is 1. The van der Waals surface area contributed by atoms with Crippen molar-refractivity contribution >= 4 is 34.9 Å². The van der Waals surface area contributed by atoms with E-state index in [-0.39, 0.29) is 40.9 Å². The quantitative estimate of drug-likeness (QED) is 0.807. The summed E-state index contributed by atoms with van der Waals surface area (Å²) >= 11 is 5.70. The summed E-state index contributed by atoms with van der Waals surface area (Å²) in [6, 6.07) is 4.18. The summed E-state index contributed by atoms with van der Waals surface area (Å²) in [5.41, 5.74) is 0.123. The van der Waals surface area contributed by atoms with Crippen LogP contribution in [0.1, 0.15) is 16.8 Å². The van der Waals surface area contributed by atoms with Crippen molar-refractivity contribution in [3.8, 4) is 0 Å². The van der Waals surface area contributed by atoms with Crippen LogP contribution in [0.15, 0.2) is 18.2 Å². The monoisotopic (exact) mass is 253 g/mol. The number of anilines is 1. The zero-order valence-electron chi connectivity index (χ0n) is 8.64.